The molecule has 1 aromatic rings. The number of ether oxygens (including phenoxy) is 2. The van der Waals surface area contributed by atoms with Crippen LogP contribution in [0.5, 0.6) is 0 Å². The molecule has 0 aliphatic heterocycles. The van der Waals surface area contributed by atoms with Gasteiger partial charge in [-0.1, -0.05) is 12.1 Å². The molecule has 0 aromatic heterocycles. The van der Waals surface area contributed by atoms with Crippen molar-refractivity contribution in [2.45, 2.75) is 6.92 Å². The molecule has 0 spiro atoms. The number of hydrogen-bond acceptors (Lipinski definition) is 5. The molecule has 0 saturated carbocycles. The zero-order chi connectivity index (χ0) is 14.4. The van der Waals surface area contributed by atoms with Crippen molar-refractivity contribution in [1.82, 2.24) is 0 Å². The minimum Gasteiger partial charge on any atom is -0.466 e. The number of hydrogen-bond donors (Lipinski definition) is 1. The Morgan fingerprint density at radius 1 is 1.26 bits per heavy atom. The van der Waals surface area contributed by atoms with Gasteiger partial charge in [0.25, 0.3) is 0 Å². The number of benzene rings is 1. The summed E-state index contributed by atoms with van der Waals surface area (Å²) in [7, 11) is 2.32. The normalized spacial score (nSPS) is 10.8. The Hall–Kier alpha value is -2.37. The van der Waals surface area contributed by atoms with E-state index in [9.17, 15) is 14.0 Å². The first-order valence-electron chi connectivity index (χ1n) is 5.39. The number of nitrogens with one attached hydrogen (secondary N) is 1. The minimum absolute atomic E-state index is 0.100. The first-order valence-corrected chi connectivity index (χ1v) is 5.39. The van der Waals surface area contributed by atoms with Crippen LogP contribution in [0.3, 0.4) is 0 Å². The smallest absolute Gasteiger partial charge is 0.354 e. The first kappa shape index (κ1) is 14.7. The molecule has 1 aromatic carbocycles. The van der Waals surface area contributed by atoms with Gasteiger partial charge in [0.15, 0.2) is 0 Å². The van der Waals surface area contributed by atoms with E-state index in [1.807, 2.05) is 0 Å². The predicted octanol–water partition coefficient (Wildman–Crippen LogP) is 1.78. The second-order valence-electron chi connectivity index (χ2n) is 3.63. The third kappa shape index (κ3) is 3.80. The van der Waals surface area contributed by atoms with Crippen LogP contribution in [0.1, 0.15) is 5.56 Å². The maximum atomic E-state index is 13.6. The number of rotatable bonds is 4. The van der Waals surface area contributed by atoms with Crippen molar-refractivity contribution in [3.05, 3.63) is 41.4 Å². The van der Waals surface area contributed by atoms with Crippen LogP contribution in [0.4, 0.5) is 10.1 Å². The highest BCUT2D eigenvalue weighted by atomic mass is 19.1. The van der Waals surface area contributed by atoms with Crippen molar-refractivity contribution >= 4 is 17.6 Å². The molecule has 0 amide bonds. The van der Waals surface area contributed by atoms with Crippen LogP contribution in [0.2, 0.25) is 0 Å². The lowest BCUT2D eigenvalue weighted by Gasteiger charge is -2.12. The summed E-state index contributed by atoms with van der Waals surface area (Å²) in [5, 5.41) is 2.54. The quantitative estimate of drug-likeness (QED) is 0.665. The van der Waals surface area contributed by atoms with Crippen LogP contribution in [0.25, 0.3) is 0 Å². The Morgan fingerprint density at radius 3 is 2.47 bits per heavy atom. The molecular weight excluding hydrogens is 253 g/mol. The molecule has 19 heavy (non-hydrogen) atoms. The minimum atomic E-state index is -0.798. The Balaban J connectivity index is 3.11. The number of esters is 2. The Morgan fingerprint density at radius 2 is 1.95 bits per heavy atom. The molecule has 0 fully saturated rings. The molecule has 0 heterocycles. The van der Waals surface area contributed by atoms with Crippen LogP contribution in [-0.4, -0.2) is 26.2 Å². The number of carbonyl (C=O) groups is 2. The lowest BCUT2D eigenvalue weighted by atomic mass is 10.2. The van der Waals surface area contributed by atoms with E-state index in [4.69, 9.17) is 0 Å². The highest BCUT2D eigenvalue weighted by Crippen LogP contribution is 2.20. The molecule has 0 bridgehead atoms. The van der Waals surface area contributed by atoms with E-state index in [1.54, 1.807) is 13.0 Å². The lowest BCUT2D eigenvalue weighted by Crippen LogP contribution is -2.16. The van der Waals surface area contributed by atoms with Crippen LogP contribution in [0, 0.1) is 12.7 Å². The third-order valence-electron chi connectivity index (χ3n) is 2.35. The van der Waals surface area contributed by atoms with E-state index in [2.05, 4.69) is 14.8 Å². The predicted molar refractivity (Wildman–Crippen MR) is 66.9 cm³/mol. The lowest BCUT2D eigenvalue weighted by molar-refractivity contribution is -0.138. The summed E-state index contributed by atoms with van der Waals surface area (Å²) in [6.45, 7) is 1.67. The average Bonchev–Trinajstić information content (AvgIpc) is 2.40. The third-order valence-corrected chi connectivity index (χ3v) is 2.35. The zero-order valence-corrected chi connectivity index (χ0v) is 10.8. The van der Waals surface area contributed by atoms with Crippen molar-refractivity contribution in [3.8, 4) is 0 Å². The molecule has 0 aliphatic rings. The number of para-hydroxylation sites is 1. The molecule has 0 unspecified atom stereocenters. The number of methoxy groups -OCH3 is 2. The summed E-state index contributed by atoms with van der Waals surface area (Å²) in [5.41, 5.74) is 0.477. The summed E-state index contributed by atoms with van der Waals surface area (Å²) >= 11 is 0. The van der Waals surface area contributed by atoms with E-state index in [0.717, 1.165) is 13.2 Å². The van der Waals surface area contributed by atoms with Gasteiger partial charge in [-0.2, -0.15) is 0 Å². The highest BCUT2D eigenvalue weighted by molar-refractivity contribution is 5.98. The monoisotopic (exact) mass is 267 g/mol. The summed E-state index contributed by atoms with van der Waals surface area (Å²) in [4.78, 5) is 22.7. The molecular formula is C13H14FNO4. The summed E-state index contributed by atoms with van der Waals surface area (Å²) in [6, 6.07) is 4.44. The van der Waals surface area contributed by atoms with Gasteiger partial charge < -0.3 is 14.8 Å². The second-order valence-corrected chi connectivity index (χ2v) is 3.63. The summed E-state index contributed by atoms with van der Waals surface area (Å²) in [5.74, 6) is -2.09. The SMILES string of the molecule is COC(=O)/C=C(/Nc1c(C)cccc1F)C(=O)OC. The maximum Gasteiger partial charge on any atom is 0.354 e. The van der Waals surface area contributed by atoms with E-state index in [1.165, 1.54) is 19.2 Å². The van der Waals surface area contributed by atoms with Crippen molar-refractivity contribution in [2.24, 2.45) is 0 Å². The average molecular weight is 267 g/mol. The number of anilines is 1. The molecule has 6 heteroatoms. The molecule has 0 atom stereocenters. The van der Waals surface area contributed by atoms with Crippen LogP contribution in [-0.2, 0) is 19.1 Å². The first-order chi connectivity index (χ1) is 8.99. The molecule has 1 N–H and O–H groups in total. The summed E-state index contributed by atoms with van der Waals surface area (Å²) in [6.07, 6.45) is 0.901. The van der Waals surface area contributed by atoms with E-state index in [0.29, 0.717) is 5.56 Å². The van der Waals surface area contributed by atoms with Crippen LogP contribution < -0.4 is 5.32 Å². The Bertz CT molecular complexity index is 505. The van der Waals surface area contributed by atoms with Gasteiger partial charge in [0.2, 0.25) is 0 Å². The number of aryl methyl sites for hydroxylation is 1. The number of halogens is 1. The fraction of sp³-hybridized carbons (Fsp3) is 0.231. The van der Waals surface area contributed by atoms with Crippen LogP contribution >= 0.6 is 0 Å². The Kier molecular flexibility index (Phi) is 5.05. The van der Waals surface area contributed by atoms with Crippen molar-refractivity contribution in [3.63, 3.8) is 0 Å². The van der Waals surface area contributed by atoms with Gasteiger partial charge in [-0.05, 0) is 18.6 Å². The topological polar surface area (TPSA) is 64.6 Å². The second kappa shape index (κ2) is 6.53. The molecule has 0 aliphatic carbocycles. The van der Waals surface area contributed by atoms with E-state index in [-0.39, 0.29) is 11.4 Å². The van der Waals surface area contributed by atoms with Gasteiger partial charge in [0.1, 0.15) is 11.5 Å². The summed E-state index contributed by atoms with van der Waals surface area (Å²) < 4.78 is 22.6. The molecule has 0 radical (unpaired) electrons. The van der Waals surface area contributed by atoms with E-state index < -0.39 is 17.8 Å². The van der Waals surface area contributed by atoms with Gasteiger partial charge in [0, 0.05) is 0 Å². The van der Waals surface area contributed by atoms with Gasteiger partial charge in [-0.15, -0.1) is 0 Å². The van der Waals surface area contributed by atoms with E-state index >= 15 is 0 Å². The highest BCUT2D eigenvalue weighted by Gasteiger charge is 2.15. The largest absolute Gasteiger partial charge is 0.466 e. The molecule has 0 saturated heterocycles. The molecule has 102 valence electrons. The van der Waals surface area contributed by atoms with Crippen molar-refractivity contribution in [2.75, 3.05) is 19.5 Å². The number of carbonyl (C=O) groups excluding carboxylic acids is 2. The standard InChI is InChI=1S/C13H14FNO4/c1-8-5-4-6-9(14)12(8)15-10(13(17)19-3)7-11(16)18-2/h4-7,15H,1-3H3/b10-7+. The zero-order valence-electron chi connectivity index (χ0n) is 10.8. The van der Waals surface area contributed by atoms with Gasteiger partial charge in [0.05, 0.1) is 26.0 Å². The van der Waals surface area contributed by atoms with Gasteiger partial charge >= 0.3 is 11.9 Å². The van der Waals surface area contributed by atoms with Crippen molar-refractivity contribution < 1.29 is 23.5 Å². The molecule has 5 nitrogen and oxygen atoms in total. The fourth-order valence-corrected chi connectivity index (χ4v) is 1.36. The van der Waals surface area contributed by atoms with Gasteiger partial charge in [-0.3, -0.25) is 0 Å². The van der Waals surface area contributed by atoms with Crippen LogP contribution in [0.15, 0.2) is 30.0 Å². The fourth-order valence-electron chi connectivity index (χ4n) is 1.36. The Labute approximate surface area is 110 Å². The van der Waals surface area contributed by atoms with Crippen molar-refractivity contribution in [1.29, 1.82) is 0 Å². The molecule has 1 rings (SSSR count). The van der Waals surface area contributed by atoms with Gasteiger partial charge in [-0.25, -0.2) is 14.0 Å². The maximum absolute atomic E-state index is 13.6.